The number of para-hydroxylation sites is 3. The molecule has 4 unspecified atom stereocenters. The van der Waals surface area contributed by atoms with Gasteiger partial charge in [-0.25, -0.2) is 0 Å². The first kappa shape index (κ1) is 26.7. The standard InChI is InChI=1S/C29H29N3O6/c1-17-10-4-7-13-20(17)30-27(34)25-23(33)16-29(3,36)26(28(35)31-21-14-8-5-11-18(21)2)24(25)19-12-6-9-15-22(19)32(37)38/h4-15,24-26,36H,16H2,1-3H3,(H,30,34)(H,31,35). The number of benzene rings is 3. The molecule has 3 aromatic carbocycles. The lowest BCUT2D eigenvalue weighted by molar-refractivity contribution is -0.385. The third kappa shape index (κ3) is 5.19. The number of hydrogen-bond acceptors (Lipinski definition) is 6. The summed E-state index contributed by atoms with van der Waals surface area (Å²) in [6.45, 7) is 4.95. The number of nitro groups is 1. The maximum absolute atomic E-state index is 13.8. The van der Waals surface area contributed by atoms with Gasteiger partial charge < -0.3 is 15.7 Å². The van der Waals surface area contributed by atoms with E-state index in [2.05, 4.69) is 10.6 Å². The molecule has 4 rings (SSSR count). The Kier molecular flexibility index (Phi) is 7.41. The third-order valence-corrected chi connectivity index (χ3v) is 7.13. The number of hydrogen-bond donors (Lipinski definition) is 3. The normalized spacial score (nSPS) is 22.9. The van der Waals surface area contributed by atoms with Crippen LogP contribution in [0, 0.1) is 35.8 Å². The number of aliphatic hydroxyl groups is 1. The van der Waals surface area contributed by atoms with Crippen molar-refractivity contribution >= 4 is 34.7 Å². The fourth-order valence-corrected chi connectivity index (χ4v) is 5.25. The molecule has 1 fully saturated rings. The van der Waals surface area contributed by atoms with E-state index in [1.165, 1.54) is 25.1 Å². The van der Waals surface area contributed by atoms with Crippen molar-refractivity contribution in [2.24, 2.45) is 11.8 Å². The number of nitrogens with one attached hydrogen (secondary N) is 2. The Balaban J connectivity index is 1.85. The van der Waals surface area contributed by atoms with Crippen molar-refractivity contribution in [1.82, 2.24) is 0 Å². The smallest absolute Gasteiger partial charge is 0.272 e. The van der Waals surface area contributed by atoms with Gasteiger partial charge in [0, 0.05) is 35.3 Å². The molecule has 3 aromatic rings. The number of carbonyl (C=O) groups is 3. The summed E-state index contributed by atoms with van der Waals surface area (Å²) in [5.41, 5.74) is 0.302. The second-order valence-electron chi connectivity index (χ2n) is 9.91. The minimum Gasteiger partial charge on any atom is -0.389 e. The van der Waals surface area contributed by atoms with E-state index in [0.29, 0.717) is 11.4 Å². The molecule has 1 aliphatic carbocycles. The van der Waals surface area contributed by atoms with E-state index < -0.39 is 52.3 Å². The highest BCUT2D eigenvalue weighted by molar-refractivity contribution is 6.10. The molecule has 1 saturated carbocycles. The number of rotatable bonds is 6. The Morgan fingerprint density at radius 3 is 1.95 bits per heavy atom. The van der Waals surface area contributed by atoms with Crippen molar-refractivity contribution in [3.63, 3.8) is 0 Å². The first-order valence-corrected chi connectivity index (χ1v) is 12.2. The Morgan fingerprint density at radius 1 is 0.895 bits per heavy atom. The van der Waals surface area contributed by atoms with Gasteiger partial charge in [0.2, 0.25) is 11.8 Å². The zero-order chi connectivity index (χ0) is 27.6. The van der Waals surface area contributed by atoms with Gasteiger partial charge in [0.1, 0.15) is 11.7 Å². The van der Waals surface area contributed by atoms with Gasteiger partial charge in [-0.3, -0.25) is 24.5 Å². The average molecular weight is 516 g/mol. The van der Waals surface area contributed by atoms with Crippen LogP contribution in [0.15, 0.2) is 72.8 Å². The van der Waals surface area contributed by atoms with Crippen LogP contribution >= 0.6 is 0 Å². The van der Waals surface area contributed by atoms with Crippen LogP contribution in [0.3, 0.4) is 0 Å². The van der Waals surface area contributed by atoms with Crippen LogP contribution in [0.1, 0.15) is 36.0 Å². The molecular formula is C29H29N3O6. The number of nitro benzene ring substituents is 1. The van der Waals surface area contributed by atoms with Crippen LogP contribution in [0.5, 0.6) is 0 Å². The van der Waals surface area contributed by atoms with E-state index in [4.69, 9.17) is 0 Å². The number of amides is 2. The zero-order valence-electron chi connectivity index (χ0n) is 21.3. The van der Waals surface area contributed by atoms with Gasteiger partial charge in [-0.2, -0.15) is 0 Å². The molecular weight excluding hydrogens is 486 g/mol. The SMILES string of the molecule is Cc1ccccc1NC(=O)C1C(=O)CC(C)(O)C(C(=O)Nc2ccccc2C)C1c1ccccc1[N+](=O)[O-]. The van der Waals surface area contributed by atoms with Gasteiger partial charge in [0.25, 0.3) is 5.69 Å². The maximum atomic E-state index is 13.8. The predicted molar refractivity (Wildman–Crippen MR) is 143 cm³/mol. The van der Waals surface area contributed by atoms with Crippen LogP contribution in [0.2, 0.25) is 0 Å². The van der Waals surface area contributed by atoms with Crippen molar-refractivity contribution < 1.29 is 24.4 Å². The average Bonchev–Trinajstić information content (AvgIpc) is 2.85. The second-order valence-corrected chi connectivity index (χ2v) is 9.91. The third-order valence-electron chi connectivity index (χ3n) is 7.13. The van der Waals surface area contributed by atoms with Crippen molar-refractivity contribution in [2.75, 3.05) is 10.6 Å². The molecule has 0 saturated heterocycles. The molecule has 4 atom stereocenters. The lowest BCUT2D eigenvalue weighted by atomic mass is 9.61. The summed E-state index contributed by atoms with van der Waals surface area (Å²) in [6.07, 6.45) is -0.470. The van der Waals surface area contributed by atoms with Gasteiger partial charge in [-0.1, -0.05) is 54.6 Å². The van der Waals surface area contributed by atoms with Crippen molar-refractivity contribution in [3.05, 3.63) is 99.6 Å². The molecule has 3 N–H and O–H groups in total. The first-order chi connectivity index (χ1) is 18.0. The highest BCUT2D eigenvalue weighted by atomic mass is 16.6. The molecule has 0 bridgehead atoms. The Labute approximate surface area is 220 Å². The van der Waals surface area contributed by atoms with Crippen LogP contribution in [0.4, 0.5) is 17.1 Å². The summed E-state index contributed by atoms with van der Waals surface area (Å²) in [6, 6.07) is 19.7. The molecule has 9 heteroatoms. The summed E-state index contributed by atoms with van der Waals surface area (Å²) in [5, 5.41) is 29.0. The van der Waals surface area contributed by atoms with E-state index in [9.17, 15) is 29.6 Å². The molecule has 9 nitrogen and oxygen atoms in total. The van der Waals surface area contributed by atoms with Crippen molar-refractivity contribution in [1.29, 1.82) is 0 Å². The number of aryl methyl sites for hydroxylation is 2. The number of ketones is 1. The topological polar surface area (TPSA) is 139 Å². The molecule has 196 valence electrons. The fraction of sp³-hybridized carbons (Fsp3) is 0.276. The molecule has 0 heterocycles. The van der Waals surface area contributed by atoms with Crippen LogP contribution in [0.25, 0.3) is 0 Å². The zero-order valence-corrected chi connectivity index (χ0v) is 21.3. The molecule has 0 spiro atoms. The fourth-order valence-electron chi connectivity index (χ4n) is 5.25. The number of Topliss-reactive ketones (excluding diaryl/α,β-unsaturated/α-hetero) is 1. The maximum Gasteiger partial charge on any atom is 0.272 e. The summed E-state index contributed by atoms with van der Waals surface area (Å²) in [5.74, 6) is -6.06. The van der Waals surface area contributed by atoms with Crippen LogP contribution in [-0.2, 0) is 14.4 Å². The minimum atomic E-state index is -1.88. The molecule has 0 aromatic heterocycles. The predicted octanol–water partition coefficient (Wildman–Crippen LogP) is 4.53. The molecule has 1 aliphatic rings. The van der Waals surface area contributed by atoms with Crippen molar-refractivity contribution in [3.8, 4) is 0 Å². The molecule has 0 radical (unpaired) electrons. The molecule has 0 aliphatic heterocycles. The Morgan fingerprint density at radius 2 is 1.39 bits per heavy atom. The van der Waals surface area contributed by atoms with Gasteiger partial charge in [-0.15, -0.1) is 0 Å². The molecule has 2 amide bonds. The van der Waals surface area contributed by atoms with E-state index in [1.54, 1.807) is 62.4 Å². The summed E-state index contributed by atoms with van der Waals surface area (Å²) in [7, 11) is 0. The first-order valence-electron chi connectivity index (χ1n) is 12.2. The van der Waals surface area contributed by atoms with Gasteiger partial charge in [-0.05, 0) is 44.0 Å². The van der Waals surface area contributed by atoms with E-state index in [1.807, 2.05) is 6.07 Å². The number of nitrogens with zero attached hydrogens (tertiary/aromatic N) is 1. The lowest BCUT2D eigenvalue weighted by Crippen LogP contribution is -2.56. The minimum absolute atomic E-state index is 0.0284. The number of carbonyl (C=O) groups excluding carboxylic acids is 3. The monoisotopic (exact) mass is 515 g/mol. The van der Waals surface area contributed by atoms with E-state index in [0.717, 1.165) is 11.1 Å². The number of anilines is 2. The van der Waals surface area contributed by atoms with Gasteiger partial charge in [0.15, 0.2) is 0 Å². The van der Waals surface area contributed by atoms with Crippen molar-refractivity contribution in [2.45, 2.75) is 38.7 Å². The largest absolute Gasteiger partial charge is 0.389 e. The summed E-state index contributed by atoms with van der Waals surface area (Å²) < 4.78 is 0. The van der Waals surface area contributed by atoms with E-state index in [-0.39, 0.29) is 11.3 Å². The Bertz CT molecular complexity index is 1420. The highest BCUT2D eigenvalue weighted by Crippen LogP contribution is 2.48. The van der Waals surface area contributed by atoms with Gasteiger partial charge in [0.05, 0.1) is 16.4 Å². The lowest BCUT2D eigenvalue weighted by Gasteiger charge is -2.44. The molecule has 38 heavy (non-hydrogen) atoms. The van der Waals surface area contributed by atoms with Gasteiger partial charge >= 0.3 is 0 Å². The quantitative estimate of drug-likeness (QED) is 0.250. The second kappa shape index (κ2) is 10.5. The van der Waals surface area contributed by atoms with E-state index >= 15 is 0 Å². The van der Waals surface area contributed by atoms with Crippen LogP contribution < -0.4 is 10.6 Å². The van der Waals surface area contributed by atoms with Crippen LogP contribution in [-0.4, -0.2) is 33.2 Å². The summed E-state index contributed by atoms with van der Waals surface area (Å²) >= 11 is 0. The Hall–Kier alpha value is -4.37. The summed E-state index contributed by atoms with van der Waals surface area (Å²) in [4.78, 5) is 52.3. The highest BCUT2D eigenvalue weighted by Gasteiger charge is 2.57.